The van der Waals surface area contributed by atoms with Crippen LogP contribution < -0.4 is 5.32 Å². The third-order valence-corrected chi connectivity index (χ3v) is 3.10. The number of carbonyl (C=O) groups is 2. The number of ether oxygens (including phenoxy) is 1. The van der Waals surface area contributed by atoms with Gasteiger partial charge in [0.1, 0.15) is 5.60 Å². The second kappa shape index (κ2) is 11.3. The molecule has 0 aromatic heterocycles. The van der Waals surface area contributed by atoms with Crippen LogP contribution in [0.25, 0.3) is 0 Å². The number of aliphatic hydroxyl groups is 1. The van der Waals surface area contributed by atoms with Crippen molar-refractivity contribution in [2.75, 3.05) is 26.7 Å². The van der Waals surface area contributed by atoms with E-state index >= 15 is 0 Å². The summed E-state index contributed by atoms with van der Waals surface area (Å²) in [7, 11) is 1.71. The highest BCUT2D eigenvalue weighted by molar-refractivity contribution is 5.75. The maximum Gasteiger partial charge on any atom is 0.407 e. The fraction of sp³-hybridized carbons (Fsp3) is 0.875. The number of likely N-dealkylation sites (N-methyl/N-ethyl adjacent to an activating group) is 1. The van der Waals surface area contributed by atoms with Gasteiger partial charge in [-0.1, -0.05) is 19.3 Å². The summed E-state index contributed by atoms with van der Waals surface area (Å²) in [6.07, 6.45) is 5.03. The molecular formula is C16H32N2O4. The molecule has 22 heavy (non-hydrogen) atoms. The maximum absolute atomic E-state index is 11.6. The van der Waals surface area contributed by atoms with Gasteiger partial charge in [0.05, 0.1) is 6.61 Å². The fourth-order valence-electron chi connectivity index (χ4n) is 1.90. The van der Waals surface area contributed by atoms with Crippen LogP contribution in [0, 0.1) is 0 Å². The van der Waals surface area contributed by atoms with Crippen LogP contribution in [-0.4, -0.2) is 54.4 Å². The Kier molecular flexibility index (Phi) is 10.6. The van der Waals surface area contributed by atoms with Crippen LogP contribution in [0.15, 0.2) is 0 Å². The number of carbonyl (C=O) groups excluding carboxylic acids is 2. The summed E-state index contributed by atoms with van der Waals surface area (Å²) in [5.41, 5.74) is -0.459. The summed E-state index contributed by atoms with van der Waals surface area (Å²) in [4.78, 5) is 24.6. The van der Waals surface area contributed by atoms with E-state index in [0.29, 0.717) is 19.5 Å². The number of nitrogens with one attached hydrogen (secondary N) is 1. The number of rotatable bonds is 10. The predicted molar refractivity (Wildman–Crippen MR) is 86.7 cm³/mol. The van der Waals surface area contributed by atoms with Crippen molar-refractivity contribution in [3.05, 3.63) is 0 Å². The molecule has 0 aliphatic rings. The van der Waals surface area contributed by atoms with Crippen molar-refractivity contribution in [3.63, 3.8) is 0 Å². The zero-order valence-corrected chi connectivity index (χ0v) is 14.5. The van der Waals surface area contributed by atoms with Crippen LogP contribution >= 0.6 is 0 Å². The second-order valence-corrected chi connectivity index (χ2v) is 6.49. The van der Waals surface area contributed by atoms with Gasteiger partial charge < -0.3 is 20.1 Å². The van der Waals surface area contributed by atoms with E-state index in [1.807, 2.05) is 20.8 Å². The zero-order valence-electron chi connectivity index (χ0n) is 14.5. The molecule has 6 heteroatoms. The smallest absolute Gasteiger partial charge is 0.407 e. The monoisotopic (exact) mass is 316 g/mol. The molecule has 2 N–H and O–H groups in total. The summed E-state index contributed by atoms with van der Waals surface area (Å²) in [5.74, 6) is 0.0839. The van der Waals surface area contributed by atoms with Gasteiger partial charge in [-0.2, -0.15) is 0 Å². The minimum absolute atomic E-state index is 0.00683. The van der Waals surface area contributed by atoms with Gasteiger partial charge in [-0.15, -0.1) is 0 Å². The fourth-order valence-corrected chi connectivity index (χ4v) is 1.90. The third-order valence-electron chi connectivity index (χ3n) is 3.10. The summed E-state index contributed by atoms with van der Waals surface area (Å²) in [5, 5.41) is 11.5. The van der Waals surface area contributed by atoms with Crippen molar-refractivity contribution in [1.82, 2.24) is 10.2 Å². The zero-order chi connectivity index (χ0) is 17.0. The van der Waals surface area contributed by atoms with Crippen molar-refractivity contribution in [2.24, 2.45) is 0 Å². The summed E-state index contributed by atoms with van der Waals surface area (Å²) in [6, 6.07) is 0. The lowest BCUT2D eigenvalue weighted by molar-refractivity contribution is -0.130. The number of hydrogen-bond acceptors (Lipinski definition) is 4. The molecule has 0 saturated heterocycles. The first-order valence-corrected chi connectivity index (χ1v) is 8.08. The number of hydrogen-bond donors (Lipinski definition) is 2. The molecule has 0 aromatic rings. The average molecular weight is 316 g/mol. The van der Waals surface area contributed by atoms with Crippen LogP contribution in [0.5, 0.6) is 0 Å². The van der Waals surface area contributed by atoms with Gasteiger partial charge >= 0.3 is 6.09 Å². The van der Waals surface area contributed by atoms with Crippen molar-refractivity contribution < 1.29 is 19.4 Å². The normalized spacial score (nSPS) is 11.1. The Balaban J connectivity index is 3.44. The molecule has 0 aliphatic heterocycles. The van der Waals surface area contributed by atoms with Gasteiger partial charge in [-0.3, -0.25) is 4.79 Å². The van der Waals surface area contributed by atoms with Crippen LogP contribution in [0.1, 0.15) is 59.3 Å². The van der Waals surface area contributed by atoms with Gasteiger partial charge in [-0.25, -0.2) is 4.79 Å². The van der Waals surface area contributed by atoms with Crippen LogP contribution in [0.2, 0.25) is 0 Å². The Labute approximate surface area is 134 Å². The van der Waals surface area contributed by atoms with Crippen LogP contribution in [0.4, 0.5) is 4.79 Å². The SMILES string of the molecule is CN(CCO)C(=O)CCCCCCCNC(=O)OC(C)(C)C. The first-order valence-electron chi connectivity index (χ1n) is 8.08. The van der Waals surface area contributed by atoms with E-state index in [4.69, 9.17) is 9.84 Å². The number of aliphatic hydroxyl groups excluding tert-OH is 1. The van der Waals surface area contributed by atoms with Gasteiger partial charge in [0.2, 0.25) is 5.91 Å². The second-order valence-electron chi connectivity index (χ2n) is 6.49. The predicted octanol–water partition coefficient (Wildman–Crippen LogP) is 2.30. The van der Waals surface area contributed by atoms with Crippen LogP contribution in [0.3, 0.4) is 0 Å². The molecule has 0 unspecified atom stereocenters. The van der Waals surface area contributed by atoms with E-state index in [2.05, 4.69) is 5.32 Å². The molecule has 0 radical (unpaired) electrons. The highest BCUT2D eigenvalue weighted by Gasteiger charge is 2.15. The van der Waals surface area contributed by atoms with E-state index in [9.17, 15) is 9.59 Å². The van der Waals surface area contributed by atoms with Crippen molar-refractivity contribution in [3.8, 4) is 0 Å². The molecule has 0 saturated carbocycles. The number of nitrogens with zero attached hydrogens (tertiary/aromatic N) is 1. The van der Waals surface area contributed by atoms with E-state index in [-0.39, 0.29) is 18.6 Å². The molecule has 0 bridgehead atoms. The van der Waals surface area contributed by atoms with E-state index in [0.717, 1.165) is 32.1 Å². The molecular weight excluding hydrogens is 284 g/mol. The Morgan fingerprint density at radius 1 is 1.09 bits per heavy atom. The summed E-state index contributed by atoms with van der Waals surface area (Å²) in [6.45, 7) is 6.54. The minimum atomic E-state index is -0.459. The Morgan fingerprint density at radius 3 is 2.27 bits per heavy atom. The van der Waals surface area contributed by atoms with Gasteiger partial charge in [0, 0.05) is 26.6 Å². The first-order chi connectivity index (χ1) is 10.3. The Morgan fingerprint density at radius 2 is 1.68 bits per heavy atom. The Hall–Kier alpha value is -1.30. The van der Waals surface area contributed by atoms with Crippen LogP contribution in [-0.2, 0) is 9.53 Å². The number of alkyl carbamates (subject to hydrolysis) is 1. The number of unbranched alkanes of at least 4 members (excludes halogenated alkanes) is 4. The number of amides is 2. The molecule has 2 amide bonds. The highest BCUT2D eigenvalue weighted by Crippen LogP contribution is 2.08. The molecule has 0 fully saturated rings. The van der Waals surface area contributed by atoms with Gasteiger partial charge in [0.15, 0.2) is 0 Å². The lowest BCUT2D eigenvalue weighted by Gasteiger charge is -2.19. The largest absolute Gasteiger partial charge is 0.444 e. The quantitative estimate of drug-likeness (QED) is 0.606. The van der Waals surface area contributed by atoms with Crippen molar-refractivity contribution in [2.45, 2.75) is 64.9 Å². The van der Waals surface area contributed by atoms with Crippen molar-refractivity contribution in [1.29, 1.82) is 0 Å². The molecule has 0 atom stereocenters. The molecule has 0 heterocycles. The molecule has 130 valence electrons. The molecule has 6 nitrogen and oxygen atoms in total. The van der Waals surface area contributed by atoms with Gasteiger partial charge in [0.25, 0.3) is 0 Å². The lowest BCUT2D eigenvalue weighted by atomic mass is 10.1. The van der Waals surface area contributed by atoms with E-state index in [1.54, 1.807) is 11.9 Å². The lowest BCUT2D eigenvalue weighted by Crippen LogP contribution is -2.32. The topological polar surface area (TPSA) is 78.9 Å². The molecule has 0 aromatic carbocycles. The van der Waals surface area contributed by atoms with E-state index in [1.165, 1.54) is 0 Å². The summed E-state index contributed by atoms with van der Waals surface area (Å²) >= 11 is 0. The first kappa shape index (κ1) is 20.7. The third kappa shape index (κ3) is 12.4. The molecule has 0 rings (SSSR count). The highest BCUT2D eigenvalue weighted by atomic mass is 16.6. The van der Waals surface area contributed by atoms with Gasteiger partial charge in [-0.05, 0) is 33.6 Å². The van der Waals surface area contributed by atoms with E-state index < -0.39 is 5.60 Å². The standard InChI is InChI=1S/C16H32N2O4/c1-16(2,3)22-15(21)17-11-9-7-5-6-8-10-14(20)18(4)12-13-19/h19H,5-13H2,1-4H3,(H,17,21). The average Bonchev–Trinajstić information content (AvgIpc) is 2.39. The minimum Gasteiger partial charge on any atom is -0.444 e. The Bertz CT molecular complexity index is 327. The summed E-state index contributed by atoms with van der Waals surface area (Å²) < 4.78 is 5.14. The molecule has 0 aliphatic carbocycles. The maximum atomic E-state index is 11.6. The van der Waals surface area contributed by atoms with Crippen molar-refractivity contribution >= 4 is 12.0 Å². The molecule has 0 spiro atoms.